The van der Waals surface area contributed by atoms with Crippen LogP contribution >= 0.6 is 23.2 Å². The van der Waals surface area contributed by atoms with Crippen molar-refractivity contribution < 1.29 is 4.74 Å². The van der Waals surface area contributed by atoms with Crippen molar-refractivity contribution >= 4 is 23.2 Å². The molecule has 1 atom stereocenters. The Hall–Kier alpha value is -1.22. The smallest absolute Gasteiger partial charge is 0.142 e. The van der Waals surface area contributed by atoms with E-state index in [0.717, 1.165) is 17.7 Å². The molecule has 0 radical (unpaired) electrons. The van der Waals surface area contributed by atoms with Gasteiger partial charge in [0.2, 0.25) is 0 Å². The highest BCUT2D eigenvalue weighted by molar-refractivity contribution is 6.35. The minimum absolute atomic E-state index is 0.454. The number of benzene rings is 2. The normalized spacial score (nSPS) is 16.2. The van der Waals surface area contributed by atoms with Crippen molar-refractivity contribution in [3.63, 3.8) is 0 Å². The molecule has 1 aliphatic rings. The number of rotatable bonds is 5. The number of nitrogens with one attached hydrogen (secondary N) is 1. The van der Waals surface area contributed by atoms with E-state index in [-0.39, 0.29) is 0 Å². The van der Waals surface area contributed by atoms with Crippen LogP contribution in [0, 0.1) is 0 Å². The van der Waals surface area contributed by atoms with E-state index in [1.54, 1.807) is 6.07 Å². The minimum atomic E-state index is 0.454. The minimum Gasteiger partial charge on any atom is -0.491 e. The molecular formula is C17H17Cl2NO. The van der Waals surface area contributed by atoms with Crippen LogP contribution in [0.1, 0.15) is 22.6 Å². The van der Waals surface area contributed by atoms with Crippen LogP contribution in [0.15, 0.2) is 36.4 Å². The van der Waals surface area contributed by atoms with Gasteiger partial charge in [-0.25, -0.2) is 0 Å². The predicted molar refractivity (Wildman–Crippen MR) is 87.6 cm³/mol. The molecule has 110 valence electrons. The number of hydrogen-bond donors (Lipinski definition) is 1. The Bertz CT molecular complexity index is 657. The molecule has 2 aromatic rings. The van der Waals surface area contributed by atoms with Crippen LogP contribution in [0.2, 0.25) is 10.0 Å². The van der Waals surface area contributed by atoms with E-state index in [1.807, 2.05) is 13.1 Å². The molecule has 0 bridgehead atoms. The fourth-order valence-electron chi connectivity index (χ4n) is 2.79. The van der Waals surface area contributed by atoms with Crippen LogP contribution < -0.4 is 10.1 Å². The first kappa shape index (κ1) is 14.7. The number of halogens is 2. The van der Waals surface area contributed by atoms with Gasteiger partial charge >= 0.3 is 0 Å². The lowest BCUT2D eigenvalue weighted by molar-refractivity contribution is 0.272. The zero-order valence-electron chi connectivity index (χ0n) is 11.8. The first-order valence-electron chi connectivity index (χ1n) is 7.02. The van der Waals surface area contributed by atoms with Crippen LogP contribution in [-0.4, -0.2) is 13.7 Å². The standard InChI is InChI=1S/C17H17Cl2NO/c1-20-9-12-7-14(18)8-16(19)17(12)21-10-13-6-11-4-2-3-5-15(11)13/h2-5,7-8,13,20H,6,9-10H2,1H3. The van der Waals surface area contributed by atoms with Gasteiger partial charge < -0.3 is 10.1 Å². The Labute approximate surface area is 135 Å². The molecule has 0 fully saturated rings. The number of ether oxygens (including phenoxy) is 1. The Morgan fingerprint density at radius 2 is 2.05 bits per heavy atom. The fraction of sp³-hybridized carbons (Fsp3) is 0.294. The lowest BCUT2D eigenvalue weighted by Gasteiger charge is -2.30. The molecule has 0 aromatic heterocycles. The summed E-state index contributed by atoms with van der Waals surface area (Å²) < 4.78 is 6.01. The highest BCUT2D eigenvalue weighted by Gasteiger charge is 2.26. The third-order valence-corrected chi connectivity index (χ3v) is 4.34. The molecule has 1 aliphatic carbocycles. The molecule has 4 heteroatoms. The summed E-state index contributed by atoms with van der Waals surface area (Å²) in [6, 6.07) is 12.1. The topological polar surface area (TPSA) is 21.3 Å². The summed E-state index contributed by atoms with van der Waals surface area (Å²) in [5.41, 5.74) is 3.80. The monoisotopic (exact) mass is 321 g/mol. The largest absolute Gasteiger partial charge is 0.491 e. The third-order valence-electron chi connectivity index (χ3n) is 3.84. The second kappa shape index (κ2) is 6.27. The van der Waals surface area contributed by atoms with Crippen LogP contribution in [0.25, 0.3) is 0 Å². The molecule has 0 amide bonds. The predicted octanol–water partition coefficient (Wildman–Crippen LogP) is 4.43. The quantitative estimate of drug-likeness (QED) is 0.879. The lowest BCUT2D eigenvalue weighted by atomic mass is 9.78. The van der Waals surface area contributed by atoms with E-state index in [4.69, 9.17) is 27.9 Å². The Kier molecular flexibility index (Phi) is 4.39. The molecule has 0 saturated carbocycles. The molecular weight excluding hydrogens is 305 g/mol. The van der Waals surface area contributed by atoms with Crippen molar-refractivity contribution in [2.24, 2.45) is 0 Å². The van der Waals surface area contributed by atoms with Crippen LogP contribution in [-0.2, 0) is 13.0 Å². The molecule has 0 heterocycles. The highest BCUT2D eigenvalue weighted by atomic mass is 35.5. The molecule has 2 nitrogen and oxygen atoms in total. The molecule has 0 saturated heterocycles. The van der Waals surface area contributed by atoms with Gasteiger partial charge in [0.15, 0.2) is 0 Å². The molecule has 2 aromatic carbocycles. The molecule has 0 spiro atoms. The van der Waals surface area contributed by atoms with Crippen molar-refractivity contribution in [1.29, 1.82) is 0 Å². The SMILES string of the molecule is CNCc1cc(Cl)cc(Cl)c1OCC1Cc2ccccc21. The average molecular weight is 322 g/mol. The van der Waals surface area contributed by atoms with E-state index in [2.05, 4.69) is 29.6 Å². The summed E-state index contributed by atoms with van der Waals surface area (Å²) in [6.07, 6.45) is 1.07. The third kappa shape index (κ3) is 3.03. The molecule has 1 N–H and O–H groups in total. The van der Waals surface area contributed by atoms with E-state index < -0.39 is 0 Å². The first-order chi connectivity index (χ1) is 10.2. The maximum Gasteiger partial charge on any atom is 0.142 e. The van der Waals surface area contributed by atoms with Gasteiger partial charge in [-0.05, 0) is 36.7 Å². The van der Waals surface area contributed by atoms with Crippen molar-refractivity contribution in [3.8, 4) is 5.75 Å². The Morgan fingerprint density at radius 3 is 2.81 bits per heavy atom. The van der Waals surface area contributed by atoms with E-state index >= 15 is 0 Å². The first-order valence-corrected chi connectivity index (χ1v) is 7.77. The second-order valence-corrected chi connectivity index (χ2v) is 6.16. The van der Waals surface area contributed by atoms with Gasteiger partial charge in [0.25, 0.3) is 0 Å². The van der Waals surface area contributed by atoms with E-state index in [1.165, 1.54) is 11.1 Å². The summed E-state index contributed by atoms with van der Waals surface area (Å²) >= 11 is 12.3. The average Bonchev–Trinajstić information content (AvgIpc) is 2.42. The van der Waals surface area contributed by atoms with Gasteiger partial charge in [-0.15, -0.1) is 0 Å². The molecule has 3 rings (SSSR count). The van der Waals surface area contributed by atoms with Gasteiger partial charge in [-0.1, -0.05) is 47.5 Å². The number of fused-ring (bicyclic) bond motifs is 1. The Balaban J connectivity index is 1.74. The van der Waals surface area contributed by atoms with Crippen molar-refractivity contribution in [2.45, 2.75) is 18.9 Å². The maximum atomic E-state index is 6.28. The Morgan fingerprint density at radius 1 is 1.24 bits per heavy atom. The van der Waals surface area contributed by atoms with Crippen LogP contribution in [0.3, 0.4) is 0 Å². The van der Waals surface area contributed by atoms with Gasteiger partial charge in [0.05, 0.1) is 11.6 Å². The van der Waals surface area contributed by atoms with Crippen molar-refractivity contribution in [3.05, 3.63) is 63.1 Å². The molecule has 1 unspecified atom stereocenters. The van der Waals surface area contributed by atoms with E-state index in [0.29, 0.717) is 29.1 Å². The van der Waals surface area contributed by atoms with Gasteiger partial charge in [0.1, 0.15) is 5.75 Å². The molecule has 21 heavy (non-hydrogen) atoms. The fourth-order valence-corrected chi connectivity index (χ4v) is 3.38. The van der Waals surface area contributed by atoms with E-state index in [9.17, 15) is 0 Å². The summed E-state index contributed by atoms with van der Waals surface area (Å²) in [4.78, 5) is 0. The highest BCUT2D eigenvalue weighted by Crippen LogP contribution is 2.37. The summed E-state index contributed by atoms with van der Waals surface area (Å²) in [5.74, 6) is 1.19. The van der Waals surface area contributed by atoms with Crippen LogP contribution in [0.4, 0.5) is 0 Å². The summed E-state index contributed by atoms with van der Waals surface area (Å²) in [5, 5.41) is 4.31. The van der Waals surface area contributed by atoms with Gasteiger partial charge in [0, 0.05) is 23.0 Å². The lowest BCUT2D eigenvalue weighted by Crippen LogP contribution is -2.23. The maximum absolute atomic E-state index is 6.28. The van der Waals surface area contributed by atoms with Gasteiger partial charge in [-0.2, -0.15) is 0 Å². The zero-order valence-corrected chi connectivity index (χ0v) is 13.3. The van der Waals surface area contributed by atoms with Crippen molar-refractivity contribution in [1.82, 2.24) is 5.32 Å². The summed E-state index contributed by atoms with van der Waals surface area (Å²) in [7, 11) is 1.89. The zero-order chi connectivity index (χ0) is 14.8. The van der Waals surface area contributed by atoms with Crippen LogP contribution in [0.5, 0.6) is 5.75 Å². The van der Waals surface area contributed by atoms with Gasteiger partial charge in [-0.3, -0.25) is 0 Å². The molecule has 0 aliphatic heterocycles. The summed E-state index contributed by atoms with van der Waals surface area (Å²) in [6.45, 7) is 1.33. The number of hydrogen-bond acceptors (Lipinski definition) is 2. The van der Waals surface area contributed by atoms with Crippen molar-refractivity contribution in [2.75, 3.05) is 13.7 Å². The second-order valence-electron chi connectivity index (χ2n) is 5.32.